The molecule has 3 aromatic carbocycles. The maximum absolute atomic E-state index is 15.0. The lowest BCUT2D eigenvalue weighted by Crippen LogP contribution is -2.46. The van der Waals surface area contributed by atoms with E-state index in [1.54, 1.807) is 18.2 Å². The van der Waals surface area contributed by atoms with Crippen molar-refractivity contribution in [3.05, 3.63) is 71.3 Å². The molecule has 0 radical (unpaired) electrons. The SMILES string of the molecule is CCN1CCN(c2ccc(NC(C)=Nc3cccc(-c4cc(F)c(CN5CCOCC5)c(F)c4)c3O)cc2C)CC1.[HH]. The van der Waals surface area contributed by atoms with E-state index in [9.17, 15) is 5.11 Å². The second kappa shape index (κ2) is 13.0. The smallest absolute Gasteiger partial charge is 0.149 e. The minimum atomic E-state index is -0.635. The van der Waals surface area contributed by atoms with Crippen LogP contribution in [0.1, 0.15) is 26.4 Å². The summed E-state index contributed by atoms with van der Waals surface area (Å²) in [4.78, 5) is 11.4. The van der Waals surface area contributed by atoms with Crippen LogP contribution in [0.25, 0.3) is 11.1 Å². The summed E-state index contributed by atoms with van der Waals surface area (Å²) in [7, 11) is 0. The molecule has 0 aliphatic carbocycles. The monoisotopic (exact) mass is 565 g/mol. The van der Waals surface area contributed by atoms with E-state index in [0.717, 1.165) is 38.4 Å². The summed E-state index contributed by atoms with van der Waals surface area (Å²) in [6, 6.07) is 13.8. The van der Waals surface area contributed by atoms with Gasteiger partial charge in [0.2, 0.25) is 0 Å². The van der Waals surface area contributed by atoms with Crippen LogP contribution in [0.5, 0.6) is 5.75 Å². The number of anilines is 2. The first-order valence-electron chi connectivity index (χ1n) is 14.3. The zero-order chi connectivity index (χ0) is 28.9. The van der Waals surface area contributed by atoms with Crippen molar-refractivity contribution in [3.8, 4) is 16.9 Å². The summed E-state index contributed by atoms with van der Waals surface area (Å²) in [5, 5.41) is 14.3. The summed E-state index contributed by atoms with van der Waals surface area (Å²) in [5.41, 5.74) is 4.23. The molecule has 2 fully saturated rings. The fourth-order valence-corrected chi connectivity index (χ4v) is 5.56. The molecule has 2 aliphatic heterocycles. The predicted molar refractivity (Wildman–Crippen MR) is 164 cm³/mol. The van der Waals surface area contributed by atoms with E-state index in [1.807, 2.05) is 17.9 Å². The third kappa shape index (κ3) is 6.86. The molecule has 5 rings (SSSR count). The fraction of sp³-hybridized carbons (Fsp3) is 0.406. The molecule has 3 aromatic rings. The molecule has 2 saturated heterocycles. The fourth-order valence-electron chi connectivity index (χ4n) is 5.56. The van der Waals surface area contributed by atoms with Gasteiger partial charge in [0.25, 0.3) is 0 Å². The minimum Gasteiger partial charge on any atom is -0.505 e. The molecule has 0 aromatic heterocycles. The van der Waals surface area contributed by atoms with Crippen molar-refractivity contribution in [1.82, 2.24) is 9.80 Å². The van der Waals surface area contributed by atoms with Crippen LogP contribution >= 0.6 is 0 Å². The highest BCUT2D eigenvalue weighted by Gasteiger charge is 2.20. The molecule has 0 atom stereocenters. The van der Waals surface area contributed by atoms with Crippen LogP contribution < -0.4 is 10.2 Å². The molecule has 0 bridgehead atoms. The number of morpholine rings is 1. The number of rotatable bonds is 7. The number of aryl methyl sites for hydroxylation is 1. The number of hydrogen-bond donors (Lipinski definition) is 2. The van der Waals surface area contributed by atoms with Crippen LogP contribution in [-0.4, -0.2) is 79.8 Å². The van der Waals surface area contributed by atoms with Crippen molar-refractivity contribution in [3.63, 3.8) is 0 Å². The molecule has 41 heavy (non-hydrogen) atoms. The number of nitrogens with one attached hydrogen (secondary N) is 1. The molecule has 9 heteroatoms. The molecule has 7 nitrogen and oxygen atoms in total. The Kier molecular flexibility index (Phi) is 9.17. The van der Waals surface area contributed by atoms with Crippen molar-refractivity contribution >= 4 is 22.9 Å². The van der Waals surface area contributed by atoms with Crippen molar-refractivity contribution in [2.24, 2.45) is 4.99 Å². The molecule has 0 spiro atoms. The van der Waals surface area contributed by atoms with Gasteiger partial charge >= 0.3 is 0 Å². The maximum atomic E-state index is 15.0. The topological polar surface area (TPSA) is 63.6 Å². The Morgan fingerprint density at radius 1 is 0.976 bits per heavy atom. The van der Waals surface area contributed by atoms with Gasteiger partial charge in [-0.3, -0.25) is 4.90 Å². The second-order valence-electron chi connectivity index (χ2n) is 10.7. The molecule has 0 amide bonds. The van der Waals surface area contributed by atoms with Crippen LogP contribution in [0.4, 0.5) is 25.8 Å². The third-order valence-electron chi connectivity index (χ3n) is 7.92. The van der Waals surface area contributed by atoms with Crippen LogP contribution in [0.2, 0.25) is 0 Å². The Morgan fingerprint density at radius 3 is 2.34 bits per heavy atom. The van der Waals surface area contributed by atoms with E-state index >= 15 is 8.78 Å². The van der Waals surface area contributed by atoms with Gasteiger partial charge in [-0.2, -0.15) is 0 Å². The number of para-hydroxylation sites is 1. The Morgan fingerprint density at radius 2 is 1.68 bits per heavy atom. The van der Waals surface area contributed by atoms with Gasteiger partial charge in [0.1, 0.15) is 28.9 Å². The number of hydrogen-bond acceptors (Lipinski definition) is 6. The molecule has 0 unspecified atom stereocenters. The highest BCUT2D eigenvalue weighted by Crippen LogP contribution is 2.38. The number of amidine groups is 1. The molecule has 2 heterocycles. The number of piperazine rings is 1. The van der Waals surface area contributed by atoms with Gasteiger partial charge in [0.15, 0.2) is 0 Å². The van der Waals surface area contributed by atoms with Gasteiger partial charge in [0, 0.05) is 69.7 Å². The third-order valence-corrected chi connectivity index (χ3v) is 7.92. The summed E-state index contributed by atoms with van der Waals surface area (Å²) in [6.07, 6.45) is 0. The molecular weight excluding hydrogens is 524 g/mol. The first kappa shape index (κ1) is 29.0. The lowest BCUT2D eigenvalue weighted by molar-refractivity contribution is 0.0332. The first-order valence-corrected chi connectivity index (χ1v) is 14.3. The number of aliphatic imine (C=N–C) groups is 1. The lowest BCUT2D eigenvalue weighted by atomic mass is 10.0. The zero-order valence-electron chi connectivity index (χ0n) is 24.1. The quantitative estimate of drug-likeness (QED) is 0.270. The Labute approximate surface area is 242 Å². The van der Waals surface area contributed by atoms with E-state index in [2.05, 4.69) is 46.1 Å². The number of aromatic hydroxyl groups is 1. The van der Waals surface area contributed by atoms with E-state index in [-0.39, 0.29) is 24.8 Å². The number of likely N-dealkylation sites (N-methyl/N-ethyl adjacent to an activating group) is 1. The largest absolute Gasteiger partial charge is 0.505 e. The van der Waals surface area contributed by atoms with Crippen LogP contribution in [0.15, 0.2) is 53.5 Å². The Balaban J connectivity index is 0.00000405. The average molecular weight is 566 g/mol. The summed E-state index contributed by atoms with van der Waals surface area (Å²) in [6.45, 7) is 13.9. The van der Waals surface area contributed by atoms with E-state index < -0.39 is 11.6 Å². The highest BCUT2D eigenvalue weighted by molar-refractivity contribution is 5.96. The molecular formula is C32H41F2N5O2. The van der Waals surface area contributed by atoms with Crippen LogP contribution in [0, 0.1) is 18.6 Å². The number of nitrogens with zero attached hydrogens (tertiary/aromatic N) is 4. The van der Waals surface area contributed by atoms with Gasteiger partial charge in [0.05, 0.1) is 13.2 Å². The molecule has 0 saturated carbocycles. The van der Waals surface area contributed by atoms with E-state index in [1.165, 1.54) is 23.4 Å². The maximum Gasteiger partial charge on any atom is 0.149 e. The first-order chi connectivity index (χ1) is 19.8. The molecule has 2 N–H and O–H groups in total. The Hall–Kier alpha value is -3.53. The van der Waals surface area contributed by atoms with Crippen LogP contribution in [0.3, 0.4) is 0 Å². The van der Waals surface area contributed by atoms with Crippen molar-refractivity contribution in [1.29, 1.82) is 0 Å². The number of ether oxygens (including phenoxy) is 1. The van der Waals surface area contributed by atoms with Gasteiger partial charge in [-0.1, -0.05) is 19.1 Å². The summed E-state index contributed by atoms with van der Waals surface area (Å²) in [5.74, 6) is -0.821. The van der Waals surface area contributed by atoms with Crippen molar-refractivity contribution in [2.75, 3.05) is 69.2 Å². The number of benzene rings is 3. The second-order valence-corrected chi connectivity index (χ2v) is 10.7. The summed E-state index contributed by atoms with van der Waals surface area (Å²) < 4.78 is 35.4. The number of phenolic OH excluding ortho intramolecular Hbond substituents is 1. The van der Waals surface area contributed by atoms with Gasteiger partial charge in [-0.25, -0.2) is 13.8 Å². The standard InChI is InChI=1S/C32H39F2N5O2.H2/c1-4-37-10-12-39(13-11-37)31-9-8-25(18-22(31)2)35-23(3)36-30-7-5-6-26(32(30)40)24-19-28(33)27(29(34)20-24)21-38-14-16-41-17-15-38;/h5-9,18-20,40H,4,10-17,21H2,1-3H3,(H,35,36);1H. The lowest BCUT2D eigenvalue weighted by Gasteiger charge is -2.36. The van der Waals surface area contributed by atoms with E-state index in [0.29, 0.717) is 43.4 Å². The summed E-state index contributed by atoms with van der Waals surface area (Å²) >= 11 is 0. The van der Waals surface area contributed by atoms with Crippen molar-refractivity contribution in [2.45, 2.75) is 27.3 Å². The predicted octanol–water partition coefficient (Wildman–Crippen LogP) is 6.03. The van der Waals surface area contributed by atoms with Gasteiger partial charge in [-0.15, -0.1) is 0 Å². The van der Waals surface area contributed by atoms with Crippen LogP contribution in [-0.2, 0) is 11.3 Å². The van der Waals surface area contributed by atoms with Crippen molar-refractivity contribution < 1.29 is 20.1 Å². The number of phenols is 1. The normalized spacial score (nSPS) is 17.2. The van der Waals surface area contributed by atoms with E-state index in [4.69, 9.17) is 4.74 Å². The zero-order valence-corrected chi connectivity index (χ0v) is 24.1. The average Bonchev–Trinajstić information content (AvgIpc) is 2.97. The Bertz CT molecular complexity index is 1380. The number of halogens is 2. The van der Waals surface area contributed by atoms with Gasteiger partial charge < -0.3 is 25.0 Å². The molecule has 2 aliphatic rings. The highest BCUT2D eigenvalue weighted by atomic mass is 19.1. The minimum absolute atomic E-state index is 0. The molecule has 220 valence electrons. The van der Waals surface area contributed by atoms with Gasteiger partial charge in [-0.05, 0) is 67.9 Å².